The first-order chi connectivity index (χ1) is 17.5. The Morgan fingerprint density at radius 1 is 1.17 bits per heavy atom. The molecule has 1 saturated carbocycles. The smallest absolute Gasteiger partial charge is 0.258 e. The Balaban J connectivity index is 1.34. The summed E-state index contributed by atoms with van der Waals surface area (Å²) in [6.45, 7) is 2.32. The van der Waals surface area contributed by atoms with Crippen molar-refractivity contribution in [3.05, 3.63) is 63.6 Å². The second-order valence-corrected chi connectivity index (χ2v) is 9.94. The summed E-state index contributed by atoms with van der Waals surface area (Å²) in [5.41, 5.74) is 1.93. The molecule has 6 rings (SSSR count). The topological polar surface area (TPSA) is 110 Å². The van der Waals surface area contributed by atoms with E-state index in [0.717, 1.165) is 18.4 Å². The zero-order valence-electron chi connectivity index (χ0n) is 20.1. The summed E-state index contributed by atoms with van der Waals surface area (Å²) < 4.78 is 12.5. The van der Waals surface area contributed by atoms with E-state index in [1.807, 2.05) is 37.3 Å². The molecule has 1 aromatic heterocycles. The van der Waals surface area contributed by atoms with E-state index < -0.39 is 23.9 Å². The van der Waals surface area contributed by atoms with Crippen molar-refractivity contribution in [1.29, 1.82) is 0 Å². The third-order valence-corrected chi connectivity index (χ3v) is 7.81. The van der Waals surface area contributed by atoms with Gasteiger partial charge in [0, 0.05) is 42.8 Å². The summed E-state index contributed by atoms with van der Waals surface area (Å²) in [5.74, 6) is -0.0968. The molecule has 1 aromatic carbocycles. The standard InChI is InChI=1S/C27H29N3O6/c1-2-3-16-7-8-19-24-23(25(32)28-11-15-4-9-21-22(10-15)36-14-35-21)18(13-31)20(12-29(19)26(16)33)30(24)27(34)17-5-6-17/h2-4,7-10,17-18,20,23-24,31H,5-6,11-14H2,1H3,(H,28,32)/b3-2+/t18-,20-,23+,24+/m0/s1. The minimum Gasteiger partial charge on any atom is -0.454 e. The van der Waals surface area contributed by atoms with Crippen LogP contribution in [0, 0.1) is 17.8 Å². The first kappa shape index (κ1) is 22.8. The van der Waals surface area contributed by atoms with E-state index in [-0.39, 0.29) is 49.8 Å². The lowest BCUT2D eigenvalue weighted by atomic mass is 9.86. The molecule has 9 heteroatoms. The Hall–Kier alpha value is -3.59. The van der Waals surface area contributed by atoms with E-state index in [4.69, 9.17) is 9.47 Å². The van der Waals surface area contributed by atoms with Gasteiger partial charge in [0.25, 0.3) is 5.56 Å². The molecule has 2 aromatic rings. The number of fused-ring (bicyclic) bond motifs is 5. The Bertz CT molecular complexity index is 1310. The maximum atomic E-state index is 13.7. The molecule has 0 spiro atoms. The molecule has 4 heterocycles. The van der Waals surface area contributed by atoms with Crippen LogP contribution in [0.25, 0.3) is 6.08 Å². The summed E-state index contributed by atoms with van der Waals surface area (Å²) in [5, 5.41) is 13.4. The maximum absolute atomic E-state index is 13.7. The van der Waals surface area contributed by atoms with Crippen LogP contribution < -0.4 is 20.3 Å². The molecule has 36 heavy (non-hydrogen) atoms. The van der Waals surface area contributed by atoms with Crippen LogP contribution in [-0.2, 0) is 22.7 Å². The van der Waals surface area contributed by atoms with Crippen molar-refractivity contribution in [2.45, 2.75) is 44.9 Å². The third kappa shape index (κ3) is 3.61. The molecule has 0 radical (unpaired) electrons. The Morgan fingerprint density at radius 3 is 2.72 bits per heavy atom. The summed E-state index contributed by atoms with van der Waals surface area (Å²) in [4.78, 5) is 42.1. The number of carbonyl (C=O) groups excluding carboxylic acids is 2. The molecule has 2 fully saturated rings. The van der Waals surface area contributed by atoms with Crippen molar-refractivity contribution >= 4 is 17.9 Å². The van der Waals surface area contributed by atoms with Crippen LogP contribution in [0.1, 0.15) is 42.6 Å². The van der Waals surface area contributed by atoms with Crippen LogP contribution >= 0.6 is 0 Å². The van der Waals surface area contributed by atoms with Crippen molar-refractivity contribution in [3.8, 4) is 11.5 Å². The van der Waals surface area contributed by atoms with Crippen LogP contribution in [0.2, 0.25) is 0 Å². The van der Waals surface area contributed by atoms with Crippen LogP contribution in [0.5, 0.6) is 11.5 Å². The minimum atomic E-state index is -0.669. The molecule has 188 valence electrons. The summed E-state index contributed by atoms with van der Waals surface area (Å²) in [6, 6.07) is 8.10. The van der Waals surface area contributed by atoms with Gasteiger partial charge in [-0.15, -0.1) is 0 Å². The molecule has 2 amide bonds. The molecule has 0 unspecified atom stereocenters. The van der Waals surface area contributed by atoms with E-state index >= 15 is 0 Å². The first-order valence-electron chi connectivity index (χ1n) is 12.5. The van der Waals surface area contributed by atoms with Crippen molar-refractivity contribution in [2.24, 2.45) is 17.8 Å². The zero-order chi connectivity index (χ0) is 25.0. The Morgan fingerprint density at radius 2 is 1.97 bits per heavy atom. The number of pyridine rings is 1. The van der Waals surface area contributed by atoms with Crippen LogP contribution in [0.3, 0.4) is 0 Å². The van der Waals surface area contributed by atoms with E-state index in [2.05, 4.69) is 5.32 Å². The number of ether oxygens (including phenoxy) is 2. The van der Waals surface area contributed by atoms with Crippen LogP contribution in [-0.4, -0.2) is 45.8 Å². The number of hydrogen-bond acceptors (Lipinski definition) is 6. The molecule has 2 N–H and O–H groups in total. The molecular weight excluding hydrogens is 462 g/mol. The van der Waals surface area contributed by atoms with Gasteiger partial charge in [-0.1, -0.05) is 18.2 Å². The van der Waals surface area contributed by atoms with Gasteiger partial charge in [-0.2, -0.15) is 0 Å². The second-order valence-electron chi connectivity index (χ2n) is 9.94. The highest BCUT2D eigenvalue weighted by Gasteiger charge is 2.58. The highest BCUT2D eigenvalue weighted by Crippen LogP contribution is 2.50. The fourth-order valence-electron chi connectivity index (χ4n) is 5.93. The van der Waals surface area contributed by atoms with Gasteiger partial charge in [0.2, 0.25) is 18.6 Å². The van der Waals surface area contributed by atoms with Crippen molar-refractivity contribution in [3.63, 3.8) is 0 Å². The van der Waals surface area contributed by atoms with Gasteiger partial charge in [-0.25, -0.2) is 0 Å². The van der Waals surface area contributed by atoms with E-state index in [9.17, 15) is 19.5 Å². The van der Waals surface area contributed by atoms with Gasteiger partial charge in [-0.05, 0) is 49.6 Å². The fraction of sp³-hybridized carbons (Fsp3) is 0.444. The van der Waals surface area contributed by atoms with Crippen LogP contribution in [0.15, 0.2) is 41.2 Å². The fourth-order valence-corrected chi connectivity index (χ4v) is 5.93. The molecule has 1 aliphatic carbocycles. The average Bonchev–Trinajstić information content (AvgIpc) is 3.58. The zero-order valence-corrected chi connectivity index (χ0v) is 20.1. The number of allylic oxidation sites excluding steroid dienone is 1. The van der Waals surface area contributed by atoms with E-state index in [1.165, 1.54) is 0 Å². The Kier molecular flexibility index (Phi) is 5.59. The van der Waals surface area contributed by atoms with E-state index in [1.54, 1.807) is 21.6 Å². The molecule has 3 aliphatic heterocycles. The second kappa shape index (κ2) is 8.81. The number of nitrogens with zero attached hydrogens (tertiary/aromatic N) is 2. The van der Waals surface area contributed by atoms with Crippen molar-refractivity contribution < 1.29 is 24.2 Å². The molecule has 4 atom stereocenters. The molecular formula is C27H29N3O6. The van der Waals surface area contributed by atoms with Crippen molar-refractivity contribution in [1.82, 2.24) is 14.8 Å². The monoisotopic (exact) mass is 491 g/mol. The van der Waals surface area contributed by atoms with Gasteiger partial charge in [0.1, 0.15) is 0 Å². The number of nitrogens with one attached hydrogen (secondary N) is 1. The quantitative estimate of drug-likeness (QED) is 0.638. The number of hydrogen-bond donors (Lipinski definition) is 2. The van der Waals surface area contributed by atoms with Gasteiger partial charge >= 0.3 is 0 Å². The van der Waals surface area contributed by atoms with Gasteiger partial charge in [-0.3, -0.25) is 14.4 Å². The Labute approximate surface area is 208 Å². The van der Waals surface area contributed by atoms with E-state index in [0.29, 0.717) is 22.8 Å². The summed E-state index contributed by atoms with van der Waals surface area (Å²) in [6.07, 6.45) is 5.25. The lowest BCUT2D eigenvalue weighted by Gasteiger charge is -2.38. The van der Waals surface area contributed by atoms with Gasteiger partial charge in [0.15, 0.2) is 11.5 Å². The predicted octanol–water partition coefficient (Wildman–Crippen LogP) is 1.83. The largest absolute Gasteiger partial charge is 0.454 e. The average molecular weight is 492 g/mol. The minimum absolute atomic E-state index is 0.0192. The lowest BCUT2D eigenvalue weighted by Crippen LogP contribution is -2.49. The maximum Gasteiger partial charge on any atom is 0.258 e. The SMILES string of the molecule is C/C=C/c1ccc2n(c1=O)C[C@H]1[C@H](CO)[C@@H](C(=O)NCc3ccc4c(c3)OCO4)[C@@H]2N1C(=O)C1CC1. The molecule has 2 bridgehead atoms. The molecule has 4 aliphatic rings. The number of carbonyl (C=O) groups is 2. The first-order valence-corrected chi connectivity index (χ1v) is 12.5. The number of aromatic nitrogens is 1. The number of aliphatic hydroxyl groups is 1. The number of aliphatic hydroxyl groups excluding tert-OH is 1. The number of benzene rings is 1. The summed E-state index contributed by atoms with van der Waals surface area (Å²) in [7, 11) is 0. The van der Waals surface area contributed by atoms with Crippen LogP contribution in [0.4, 0.5) is 0 Å². The van der Waals surface area contributed by atoms with Gasteiger partial charge < -0.3 is 29.4 Å². The lowest BCUT2D eigenvalue weighted by molar-refractivity contribution is -0.138. The normalized spacial score (nSPS) is 25.8. The molecule has 9 nitrogen and oxygen atoms in total. The third-order valence-electron chi connectivity index (χ3n) is 7.81. The highest BCUT2D eigenvalue weighted by atomic mass is 16.7. The number of amides is 2. The predicted molar refractivity (Wildman–Crippen MR) is 130 cm³/mol. The molecule has 1 saturated heterocycles. The number of rotatable bonds is 6. The highest BCUT2D eigenvalue weighted by molar-refractivity contribution is 5.86. The van der Waals surface area contributed by atoms with Gasteiger partial charge in [0.05, 0.1) is 18.0 Å². The van der Waals surface area contributed by atoms with Crippen molar-refractivity contribution in [2.75, 3.05) is 13.4 Å². The summed E-state index contributed by atoms with van der Waals surface area (Å²) >= 11 is 0.